The van der Waals surface area contributed by atoms with Gasteiger partial charge in [-0.15, -0.1) is 0 Å². The van der Waals surface area contributed by atoms with Gasteiger partial charge in [-0.1, -0.05) is 24.3 Å². The van der Waals surface area contributed by atoms with Gasteiger partial charge in [0.1, 0.15) is 5.82 Å². The molecule has 27 heavy (non-hydrogen) atoms. The molecule has 0 aliphatic heterocycles. The molecule has 0 radical (unpaired) electrons. The minimum absolute atomic E-state index is 0.0620. The summed E-state index contributed by atoms with van der Waals surface area (Å²) in [6, 6.07) is 9.73. The zero-order valence-corrected chi connectivity index (χ0v) is 14.9. The second-order valence-electron chi connectivity index (χ2n) is 6.18. The largest absolute Gasteiger partial charge is 0.349 e. The molecular weight excluding hydrogens is 359 g/mol. The van der Waals surface area contributed by atoms with Gasteiger partial charge in [-0.25, -0.2) is 9.18 Å². The minimum Gasteiger partial charge on any atom is -0.349 e. The van der Waals surface area contributed by atoms with Crippen LogP contribution in [0.15, 0.2) is 48.5 Å². The lowest BCUT2D eigenvalue weighted by atomic mass is 10.1. The van der Waals surface area contributed by atoms with E-state index in [-0.39, 0.29) is 12.3 Å². The molecule has 0 fully saturated rings. The van der Waals surface area contributed by atoms with Crippen LogP contribution < -0.4 is 10.6 Å². The molecule has 0 aliphatic carbocycles. The summed E-state index contributed by atoms with van der Waals surface area (Å²) in [7, 11) is 3.31. The Kier molecular flexibility index (Phi) is 6.44. The van der Waals surface area contributed by atoms with Crippen molar-refractivity contribution in [1.29, 1.82) is 0 Å². The lowest BCUT2D eigenvalue weighted by Gasteiger charge is -2.18. The first-order valence-corrected chi connectivity index (χ1v) is 8.15. The summed E-state index contributed by atoms with van der Waals surface area (Å²) < 4.78 is 41.1. The van der Waals surface area contributed by atoms with Crippen LogP contribution in [0.25, 0.3) is 0 Å². The highest BCUT2D eigenvalue weighted by Gasteiger charge is 2.32. The smallest absolute Gasteiger partial charge is 0.319 e. The lowest BCUT2D eigenvalue weighted by molar-refractivity contribution is -0.127. The van der Waals surface area contributed by atoms with Gasteiger partial charge in [0, 0.05) is 25.3 Å². The average Bonchev–Trinajstić information content (AvgIpc) is 2.61. The zero-order valence-electron chi connectivity index (χ0n) is 14.9. The molecule has 0 bridgehead atoms. The summed E-state index contributed by atoms with van der Waals surface area (Å²) in [4.78, 5) is 24.9. The first-order valence-electron chi connectivity index (χ1n) is 8.15. The Bertz CT molecular complexity index is 808. The summed E-state index contributed by atoms with van der Waals surface area (Å²) in [5.74, 6) is -4.24. The molecule has 0 atom stereocenters. The number of hydrogen-bond acceptors (Lipinski definition) is 2. The highest BCUT2D eigenvalue weighted by atomic mass is 19.3. The third kappa shape index (κ3) is 6.02. The van der Waals surface area contributed by atoms with Gasteiger partial charge in [-0.3, -0.25) is 4.79 Å². The van der Waals surface area contributed by atoms with E-state index >= 15 is 0 Å². The minimum atomic E-state index is -3.41. The number of benzene rings is 2. The summed E-state index contributed by atoms with van der Waals surface area (Å²) >= 11 is 0. The van der Waals surface area contributed by atoms with Crippen molar-refractivity contribution < 1.29 is 22.8 Å². The molecule has 8 heteroatoms. The van der Waals surface area contributed by atoms with E-state index in [1.165, 1.54) is 11.0 Å². The Morgan fingerprint density at radius 2 is 1.74 bits per heavy atom. The molecule has 2 rings (SSSR count). The van der Waals surface area contributed by atoms with Crippen molar-refractivity contribution in [2.24, 2.45) is 0 Å². The fraction of sp³-hybridized carbons (Fsp3) is 0.263. The van der Waals surface area contributed by atoms with Crippen molar-refractivity contribution in [1.82, 2.24) is 10.2 Å². The van der Waals surface area contributed by atoms with Crippen LogP contribution in [-0.2, 0) is 17.1 Å². The fourth-order valence-electron chi connectivity index (χ4n) is 2.22. The number of hydrogen-bond donors (Lipinski definition) is 2. The predicted octanol–water partition coefficient (Wildman–Crippen LogP) is 3.37. The molecule has 0 aromatic heterocycles. The maximum atomic E-state index is 14.0. The monoisotopic (exact) mass is 379 g/mol. The quantitative estimate of drug-likeness (QED) is 0.809. The Morgan fingerprint density at radius 1 is 1.07 bits per heavy atom. The van der Waals surface area contributed by atoms with Crippen molar-refractivity contribution >= 4 is 17.6 Å². The third-order valence-electron chi connectivity index (χ3n) is 3.78. The Hall–Kier alpha value is -3.03. The first kappa shape index (κ1) is 20.3. The van der Waals surface area contributed by atoms with Crippen molar-refractivity contribution in [3.8, 4) is 0 Å². The molecule has 0 unspecified atom stereocenters. The number of anilines is 1. The van der Waals surface area contributed by atoms with E-state index in [2.05, 4.69) is 10.6 Å². The molecule has 5 nitrogen and oxygen atoms in total. The second-order valence-corrected chi connectivity index (χ2v) is 6.18. The summed E-state index contributed by atoms with van der Waals surface area (Å²) in [6.07, 6.45) is 0.222. The van der Waals surface area contributed by atoms with Gasteiger partial charge in [0.05, 0.1) is 13.0 Å². The Balaban J connectivity index is 1.89. The molecular formula is C19H20F3N3O2. The van der Waals surface area contributed by atoms with E-state index in [4.69, 9.17) is 0 Å². The normalized spacial score (nSPS) is 11.0. The highest BCUT2D eigenvalue weighted by Crippen LogP contribution is 2.27. The molecule has 3 amide bonds. The molecule has 0 saturated carbocycles. The van der Waals surface area contributed by atoms with Crippen molar-refractivity contribution in [2.45, 2.75) is 12.3 Å². The number of likely N-dealkylation sites (N-methyl/N-ethyl adjacent to an activating group) is 1. The molecule has 2 N–H and O–H groups in total. The number of halogens is 3. The van der Waals surface area contributed by atoms with Gasteiger partial charge in [0.15, 0.2) is 0 Å². The van der Waals surface area contributed by atoms with Crippen LogP contribution in [0.4, 0.5) is 23.7 Å². The maximum Gasteiger partial charge on any atom is 0.319 e. The van der Waals surface area contributed by atoms with E-state index in [0.717, 1.165) is 23.8 Å². The van der Waals surface area contributed by atoms with Crippen molar-refractivity contribution in [3.63, 3.8) is 0 Å². The van der Waals surface area contributed by atoms with Crippen LogP contribution in [0.5, 0.6) is 0 Å². The van der Waals surface area contributed by atoms with E-state index in [0.29, 0.717) is 5.69 Å². The molecule has 144 valence electrons. The second kappa shape index (κ2) is 8.57. The third-order valence-corrected chi connectivity index (χ3v) is 3.78. The van der Waals surface area contributed by atoms with Gasteiger partial charge >= 0.3 is 6.03 Å². The number of urea groups is 1. The number of nitrogens with one attached hydrogen (secondary N) is 2. The molecule has 0 spiro atoms. The Morgan fingerprint density at radius 3 is 2.33 bits per heavy atom. The van der Waals surface area contributed by atoms with E-state index in [1.54, 1.807) is 38.4 Å². The molecule has 2 aromatic carbocycles. The van der Waals surface area contributed by atoms with Crippen LogP contribution in [0, 0.1) is 5.82 Å². The summed E-state index contributed by atoms with van der Waals surface area (Å²) in [5, 5.41) is 4.50. The number of rotatable bonds is 6. The first-order chi connectivity index (χ1) is 12.7. The Labute approximate surface area is 155 Å². The van der Waals surface area contributed by atoms with Gasteiger partial charge in [-0.2, -0.15) is 8.78 Å². The van der Waals surface area contributed by atoms with Gasteiger partial charge in [0.25, 0.3) is 5.92 Å². The van der Waals surface area contributed by atoms with Crippen molar-refractivity contribution in [3.05, 3.63) is 65.5 Å². The highest BCUT2D eigenvalue weighted by molar-refractivity contribution is 5.89. The number of carbonyl (C=O) groups is 2. The number of carbonyl (C=O) groups excluding carboxylic acids is 2. The summed E-state index contributed by atoms with van der Waals surface area (Å²) in [5.41, 5.74) is 0.637. The summed E-state index contributed by atoms with van der Waals surface area (Å²) in [6.45, 7) is -0.974. The van der Waals surface area contributed by atoms with Gasteiger partial charge in [-0.05, 0) is 29.8 Å². The lowest BCUT2D eigenvalue weighted by Crippen LogP contribution is -2.37. The molecule has 0 saturated heterocycles. The van der Waals surface area contributed by atoms with E-state index < -0.39 is 29.9 Å². The molecule has 0 heterocycles. The van der Waals surface area contributed by atoms with E-state index in [9.17, 15) is 22.8 Å². The number of alkyl halides is 2. The average molecular weight is 379 g/mol. The zero-order chi connectivity index (χ0) is 20.0. The van der Waals surface area contributed by atoms with Crippen LogP contribution >= 0.6 is 0 Å². The van der Waals surface area contributed by atoms with E-state index in [1.807, 2.05) is 0 Å². The van der Waals surface area contributed by atoms with Crippen LogP contribution in [0.1, 0.15) is 11.1 Å². The topological polar surface area (TPSA) is 61.4 Å². The predicted molar refractivity (Wildman–Crippen MR) is 96.2 cm³/mol. The van der Waals surface area contributed by atoms with Crippen LogP contribution in [-0.4, -0.2) is 37.5 Å². The van der Waals surface area contributed by atoms with Gasteiger partial charge < -0.3 is 15.5 Å². The fourth-order valence-corrected chi connectivity index (χ4v) is 2.22. The number of nitrogens with zero attached hydrogens (tertiary/aromatic N) is 1. The van der Waals surface area contributed by atoms with Crippen LogP contribution in [0.3, 0.4) is 0 Å². The molecule has 2 aromatic rings. The standard InChI is InChI=1S/C19H20F3N3O2/c1-25(2)17(26)10-13-6-8-16(9-7-13)24-18(27)23-12-19(21,22)14-4-3-5-15(20)11-14/h3-9,11H,10,12H2,1-2H3,(H2,23,24,27). The van der Waals surface area contributed by atoms with Gasteiger partial charge in [0.2, 0.25) is 5.91 Å². The molecule has 0 aliphatic rings. The van der Waals surface area contributed by atoms with Crippen molar-refractivity contribution in [2.75, 3.05) is 26.0 Å². The maximum absolute atomic E-state index is 14.0. The van der Waals surface area contributed by atoms with Crippen LogP contribution in [0.2, 0.25) is 0 Å². The SMILES string of the molecule is CN(C)C(=O)Cc1ccc(NC(=O)NCC(F)(F)c2cccc(F)c2)cc1. The number of amides is 3.